The molecule has 6 nitrogen and oxygen atoms in total. The fourth-order valence-corrected chi connectivity index (χ4v) is 3.85. The van der Waals surface area contributed by atoms with Crippen LogP contribution in [-0.4, -0.2) is 40.0 Å². The molecule has 0 saturated heterocycles. The van der Waals surface area contributed by atoms with Gasteiger partial charge in [0.05, 0.1) is 50.5 Å². The van der Waals surface area contributed by atoms with Crippen LogP contribution in [0, 0.1) is 0 Å². The number of fused-ring (bicyclic) bond motifs is 3. The third-order valence-corrected chi connectivity index (χ3v) is 5.00. The molecule has 0 heterocycles. The number of carbonyl (C=O) groups excluding carboxylic acids is 2. The predicted octanol–water partition coefficient (Wildman–Crippen LogP) is 3.65. The van der Waals surface area contributed by atoms with E-state index in [2.05, 4.69) is 0 Å². The Morgan fingerprint density at radius 2 is 1.21 bits per heavy atom. The topological polar surface area (TPSA) is 71.1 Å². The first-order chi connectivity index (χ1) is 13.6. The Labute approximate surface area is 161 Å². The highest BCUT2D eigenvalue weighted by Crippen LogP contribution is 2.48. The van der Waals surface area contributed by atoms with Crippen LogP contribution in [0.5, 0.6) is 23.0 Å². The Hall–Kier alpha value is -3.54. The van der Waals surface area contributed by atoms with Gasteiger partial charge in [-0.1, -0.05) is 24.3 Å². The molecule has 0 spiro atoms. The molecular formula is C22H18O6. The van der Waals surface area contributed by atoms with E-state index in [9.17, 15) is 9.59 Å². The molecule has 6 heteroatoms. The lowest BCUT2D eigenvalue weighted by Crippen LogP contribution is -2.23. The van der Waals surface area contributed by atoms with Gasteiger partial charge in [0.2, 0.25) is 5.78 Å². The van der Waals surface area contributed by atoms with Gasteiger partial charge >= 0.3 is 0 Å². The molecule has 0 saturated carbocycles. The number of carbonyl (C=O) groups is 2. The van der Waals surface area contributed by atoms with Gasteiger partial charge in [-0.3, -0.25) is 9.59 Å². The first kappa shape index (κ1) is 17.9. The summed E-state index contributed by atoms with van der Waals surface area (Å²) in [5, 5.41) is 1.20. The van der Waals surface area contributed by atoms with Crippen molar-refractivity contribution in [2.75, 3.05) is 28.4 Å². The summed E-state index contributed by atoms with van der Waals surface area (Å²) in [6, 6.07) is 10.3. The Morgan fingerprint density at radius 1 is 0.607 bits per heavy atom. The van der Waals surface area contributed by atoms with Crippen molar-refractivity contribution in [3.8, 4) is 23.0 Å². The molecule has 1 aliphatic rings. The van der Waals surface area contributed by atoms with E-state index in [1.807, 2.05) is 0 Å². The van der Waals surface area contributed by atoms with Crippen molar-refractivity contribution in [2.45, 2.75) is 0 Å². The van der Waals surface area contributed by atoms with E-state index in [1.165, 1.54) is 28.4 Å². The molecule has 0 bridgehead atoms. The average Bonchev–Trinajstić information content (AvgIpc) is 2.74. The van der Waals surface area contributed by atoms with Gasteiger partial charge < -0.3 is 18.9 Å². The molecule has 3 aromatic rings. The van der Waals surface area contributed by atoms with E-state index in [0.29, 0.717) is 28.0 Å². The second-order valence-corrected chi connectivity index (χ2v) is 6.24. The fraction of sp³-hybridized carbons (Fsp3) is 0.182. The summed E-state index contributed by atoms with van der Waals surface area (Å²) in [6.45, 7) is 0. The molecule has 0 unspecified atom stereocenters. The molecule has 4 rings (SSSR count). The van der Waals surface area contributed by atoms with Gasteiger partial charge in [0.1, 0.15) is 23.0 Å². The minimum absolute atomic E-state index is 0.169. The van der Waals surface area contributed by atoms with E-state index < -0.39 is 0 Å². The molecular weight excluding hydrogens is 360 g/mol. The standard InChI is InChI=1S/C22H18O6/c1-25-13-9-5-7-11-15(13)20(24)18-17(19(11)23)22(28-4)16-12(21(18)27-3)8-6-10-14(16)26-2/h5-10H,1-4H3. The maximum atomic E-state index is 13.5. The Balaban J connectivity index is 2.21. The quantitative estimate of drug-likeness (QED) is 0.540. The lowest BCUT2D eigenvalue weighted by molar-refractivity contribution is 0.0972. The predicted molar refractivity (Wildman–Crippen MR) is 103 cm³/mol. The fourth-order valence-electron chi connectivity index (χ4n) is 3.85. The van der Waals surface area contributed by atoms with Crippen LogP contribution in [0.15, 0.2) is 36.4 Å². The number of ether oxygens (including phenoxy) is 4. The second kappa shape index (κ2) is 6.56. The van der Waals surface area contributed by atoms with Crippen molar-refractivity contribution in [3.63, 3.8) is 0 Å². The molecule has 0 amide bonds. The normalized spacial score (nSPS) is 12.4. The van der Waals surface area contributed by atoms with Crippen molar-refractivity contribution in [2.24, 2.45) is 0 Å². The summed E-state index contributed by atoms with van der Waals surface area (Å²) in [5.74, 6) is 0.781. The van der Waals surface area contributed by atoms with Crippen molar-refractivity contribution in [3.05, 3.63) is 58.7 Å². The van der Waals surface area contributed by atoms with Crippen molar-refractivity contribution in [1.82, 2.24) is 0 Å². The minimum Gasteiger partial charge on any atom is -0.496 e. The molecule has 0 fully saturated rings. The highest BCUT2D eigenvalue weighted by Gasteiger charge is 2.39. The lowest BCUT2D eigenvalue weighted by Gasteiger charge is -2.25. The molecule has 28 heavy (non-hydrogen) atoms. The molecule has 3 aromatic carbocycles. The van der Waals surface area contributed by atoms with Gasteiger partial charge in [-0.05, 0) is 12.1 Å². The molecule has 0 aliphatic heterocycles. The third-order valence-electron chi connectivity index (χ3n) is 5.00. The number of methoxy groups -OCH3 is 4. The van der Waals surface area contributed by atoms with Crippen LogP contribution in [0.25, 0.3) is 10.8 Å². The van der Waals surface area contributed by atoms with Gasteiger partial charge in [0.25, 0.3) is 0 Å². The molecule has 0 aromatic heterocycles. The van der Waals surface area contributed by atoms with Gasteiger partial charge in [0, 0.05) is 10.9 Å². The van der Waals surface area contributed by atoms with Crippen LogP contribution in [0.3, 0.4) is 0 Å². The summed E-state index contributed by atoms with van der Waals surface area (Å²) < 4.78 is 22.0. The zero-order chi connectivity index (χ0) is 20.0. The zero-order valence-electron chi connectivity index (χ0n) is 15.9. The van der Waals surface area contributed by atoms with Crippen LogP contribution >= 0.6 is 0 Å². The molecule has 0 atom stereocenters. The van der Waals surface area contributed by atoms with Crippen LogP contribution in [0.1, 0.15) is 31.8 Å². The maximum Gasteiger partial charge on any atom is 0.202 e. The Kier molecular flexibility index (Phi) is 4.19. The van der Waals surface area contributed by atoms with Crippen molar-refractivity contribution in [1.29, 1.82) is 0 Å². The van der Waals surface area contributed by atoms with E-state index in [1.54, 1.807) is 36.4 Å². The molecule has 0 N–H and O–H groups in total. The second-order valence-electron chi connectivity index (χ2n) is 6.24. The van der Waals surface area contributed by atoms with E-state index in [0.717, 1.165) is 0 Å². The SMILES string of the molecule is COc1cccc2c1C(=O)c1c(c(OC)c3c(OC)cccc3c1OC)C2=O. The van der Waals surface area contributed by atoms with Gasteiger partial charge in [0.15, 0.2) is 5.78 Å². The zero-order valence-corrected chi connectivity index (χ0v) is 15.9. The monoisotopic (exact) mass is 378 g/mol. The number of hydrogen-bond donors (Lipinski definition) is 0. The minimum atomic E-state index is -0.345. The number of hydrogen-bond acceptors (Lipinski definition) is 6. The molecule has 142 valence electrons. The van der Waals surface area contributed by atoms with Crippen LogP contribution in [-0.2, 0) is 0 Å². The molecule has 0 radical (unpaired) electrons. The van der Waals surface area contributed by atoms with Crippen LogP contribution in [0.2, 0.25) is 0 Å². The average molecular weight is 378 g/mol. The summed E-state index contributed by atoms with van der Waals surface area (Å²) in [5.41, 5.74) is 0.834. The van der Waals surface area contributed by atoms with E-state index in [-0.39, 0.29) is 39.6 Å². The van der Waals surface area contributed by atoms with Crippen molar-refractivity contribution >= 4 is 22.3 Å². The Bertz CT molecular complexity index is 1150. The smallest absolute Gasteiger partial charge is 0.202 e. The third kappa shape index (κ3) is 2.21. The lowest BCUT2D eigenvalue weighted by atomic mass is 9.80. The maximum absolute atomic E-state index is 13.5. The van der Waals surface area contributed by atoms with E-state index in [4.69, 9.17) is 18.9 Å². The summed E-state index contributed by atoms with van der Waals surface area (Å²) in [6.07, 6.45) is 0. The number of benzene rings is 3. The number of ketones is 2. The van der Waals surface area contributed by atoms with Gasteiger partial charge in [-0.25, -0.2) is 0 Å². The summed E-state index contributed by atoms with van der Waals surface area (Å²) in [7, 11) is 5.93. The van der Waals surface area contributed by atoms with E-state index >= 15 is 0 Å². The Morgan fingerprint density at radius 3 is 1.86 bits per heavy atom. The highest BCUT2D eigenvalue weighted by atomic mass is 16.5. The highest BCUT2D eigenvalue weighted by molar-refractivity contribution is 6.33. The largest absolute Gasteiger partial charge is 0.496 e. The number of rotatable bonds is 4. The summed E-state index contributed by atoms with van der Waals surface area (Å²) in [4.78, 5) is 26.9. The van der Waals surface area contributed by atoms with Crippen molar-refractivity contribution < 1.29 is 28.5 Å². The first-order valence-electron chi connectivity index (χ1n) is 8.60. The molecule has 1 aliphatic carbocycles. The van der Waals surface area contributed by atoms with Crippen LogP contribution in [0.4, 0.5) is 0 Å². The first-order valence-corrected chi connectivity index (χ1v) is 8.60. The van der Waals surface area contributed by atoms with Gasteiger partial charge in [-0.2, -0.15) is 0 Å². The van der Waals surface area contributed by atoms with Crippen LogP contribution < -0.4 is 18.9 Å². The van der Waals surface area contributed by atoms with Gasteiger partial charge in [-0.15, -0.1) is 0 Å². The summed E-state index contributed by atoms with van der Waals surface area (Å²) >= 11 is 0.